The van der Waals surface area contributed by atoms with Crippen LogP contribution in [0.5, 0.6) is 0 Å². The molecule has 0 saturated heterocycles. The standard InChI is InChI=1S/C8H8N4O2/c1-5(13)11-7(3-9)8(4-10)12-6(2)14/h1-2H3,(H,11,13)(H,12,14)/b8-7-. The summed E-state index contributed by atoms with van der Waals surface area (Å²) in [5.74, 6) is -0.973. The van der Waals surface area contributed by atoms with Crippen molar-refractivity contribution in [3.8, 4) is 12.1 Å². The molecule has 0 rings (SSSR count). The molecular formula is C8H8N4O2. The molecule has 2 N–H and O–H groups in total. The first kappa shape index (κ1) is 11.7. The van der Waals surface area contributed by atoms with Crippen LogP contribution in [0.3, 0.4) is 0 Å². The van der Waals surface area contributed by atoms with Crippen molar-refractivity contribution in [2.24, 2.45) is 0 Å². The maximum Gasteiger partial charge on any atom is 0.221 e. The fraction of sp³-hybridized carbons (Fsp3) is 0.250. The van der Waals surface area contributed by atoms with Gasteiger partial charge in [-0.15, -0.1) is 0 Å². The van der Waals surface area contributed by atoms with Gasteiger partial charge in [0.2, 0.25) is 11.8 Å². The summed E-state index contributed by atoms with van der Waals surface area (Å²) >= 11 is 0. The van der Waals surface area contributed by atoms with Crippen LogP contribution in [0.4, 0.5) is 0 Å². The van der Waals surface area contributed by atoms with E-state index in [1.54, 1.807) is 12.1 Å². The molecule has 0 aromatic rings. The van der Waals surface area contributed by atoms with Gasteiger partial charge in [-0.25, -0.2) is 0 Å². The summed E-state index contributed by atoms with van der Waals surface area (Å²) in [6.45, 7) is 2.39. The number of hydrogen-bond donors (Lipinski definition) is 2. The van der Waals surface area contributed by atoms with Gasteiger partial charge in [0.05, 0.1) is 0 Å². The van der Waals surface area contributed by atoms with Gasteiger partial charge < -0.3 is 10.6 Å². The summed E-state index contributed by atoms with van der Waals surface area (Å²) in [4.78, 5) is 21.2. The van der Waals surface area contributed by atoms with Crippen LogP contribution < -0.4 is 10.6 Å². The Hall–Kier alpha value is -2.34. The van der Waals surface area contributed by atoms with Gasteiger partial charge in [0, 0.05) is 13.8 Å². The monoisotopic (exact) mass is 192 g/mol. The van der Waals surface area contributed by atoms with Gasteiger partial charge in [-0.3, -0.25) is 9.59 Å². The molecule has 0 atom stereocenters. The Morgan fingerprint density at radius 1 is 0.929 bits per heavy atom. The Bertz CT molecular complexity index is 334. The molecule has 0 aliphatic rings. The normalized spacial score (nSPS) is 10.3. The third-order valence-electron chi connectivity index (χ3n) is 1.08. The molecule has 72 valence electrons. The molecule has 0 aromatic carbocycles. The lowest BCUT2D eigenvalue weighted by Gasteiger charge is -2.03. The van der Waals surface area contributed by atoms with Crippen LogP contribution >= 0.6 is 0 Å². The van der Waals surface area contributed by atoms with Crippen molar-refractivity contribution in [1.82, 2.24) is 10.6 Å². The molecule has 0 saturated carbocycles. The van der Waals surface area contributed by atoms with Gasteiger partial charge in [-0.05, 0) is 0 Å². The molecule has 0 heterocycles. The molecule has 6 heteroatoms. The summed E-state index contributed by atoms with van der Waals surface area (Å²) in [6.07, 6.45) is 0. The van der Waals surface area contributed by atoms with Crippen LogP contribution in [0, 0.1) is 22.7 Å². The SMILES string of the molecule is CC(=O)N/C(C#N)=C(/C#N)NC(C)=O. The Balaban J connectivity index is 4.96. The minimum atomic E-state index is -0.486. The molecule has 0 aromatic heterocycles. The fourth-order valence-corrected chi connectivity index (χ4v) is 0.645. The van der Waals surface area contributed by atoms with Crippen molar-refractivity contribution in [3.05, 3.63) is 11.4 Å². The van der Waals surface area contributed by atoms with Gasteiger partial charge in [0.15, 0.2) is 11.4 Å². The summed E-state index contributed by atoms with van der Waals surface area (Å²) in [7, 11) is 0. The van der Waals surface area contributed by atoms with E-state index in [1.807, 2.05) is 0 Å². The number of nitrogens with one attached hydrogen (secondary N) is 2. The van der Waals surface area contributed by atoms with Crippen LogP contribution in [0.15, 0.2) is 11.4 Å². The molecule has 6 nitrogen and oxygen atoms in total. The molecule has 0 bridgehead atoms. The van der Waals surface area contributed by atoms with E-state index in [0.29, 0.717) is 0 Å². The number of amides is 2. The van der Waals surface area contributed by atoms with Crippen LogP contribution in [-0.2, 0) is 9.59 Å². The summed E-state index contributed by atoms with van der Waals surface area (Å²) in [5.41, 5.74) is -0.537. The molecule has 14 heavy (non-hydrogen) atoms. The Labute approximate surface area is 80.8 Å². The molecule has 0 aliphatic heterocycles. The van der Waals surface area contributed by atoms with Crippen molar-refractivity contribution in [2.75, 3.05) is 0 Å². The lowest BCUT2D eigenvalue weighted by atomic mass is 10.3. The van der Waals surface area contributed by atoms with Crippen LogP contribution in [0.1, 0.15) is 13.8 Å². The second kappa shape index (κ2) is 5.33. The first-order valence-corrected chi connectivity index (χ1v) is 3.61. The Morgan fingerprint density at radius 2 is 1.21 bits per heavy atom. The number of rotatable bonds is 2. The third kappa shape index (κ3) is 3.88. The van der Waals surface area contributed by atoms with E-state index >= 15 is 0 Å². The summed E-state index contributed by atoms with van der Waals surface area (Å²) < 4.78 is 0. The fourth-order valence-electron chi connectivity index (χ4n) is 0.645. The average Bonchev–Trinajstić information content (AvgIpc) is 2.10. The first-order chi connectivity index (χ1) is 6.51. The zero-order valence-electron chi connectivity index (χ0n) is 7.71. The zero-order valence-corrected chi connectivity index (χ0v) is 7.71. The minimum Gasteiger partial charge on any atom is -0.315 e. The van der Waals surface area contributed by atoms with Crippen molar-refractivity contribution in [2.45, 2.75) is 13.8 Å². The van der Waals surface area contributed by atoms with Gasteiger partial charge in [0.1, 0.15) is 12.1 Å². The summed E-state index contributed by atoms with van der Waals surface area (Å²) in [5, 5.41) is 21.4. The van der Waals surface area contributed by atoms with Crippen LogP contribution in [-0.4, -0.2) is 11.8 Å². The largest absolute Gasteiger partial charge is 0.315 e. The molecule has 0 spiro atoms. The van der Waals surface area contributed by atoms with Gasteiger partial charge in [0.25, 0.3) is 0 Å². The van der Waals surface area contributed by atoms with Crippen LogP contribution in [0.2, 0.25) is 0 Å². The molecule has 0 unspecified atom stereocenters. The number of carbonyl (C=O) groups is 2. The molecule has 0 aliphatic carbocycles. The quantitative estimate of drug-likeness (QED) is 0.576. The zero-order chi connectivity index (χ0) is 11.1. The lowest BCUT2D eigenvalue weighted by Crippen LogP contribution is -2.26. The first-order valence-electron chi connectivity index (χ1n) is 3.61. The van der Waals surface area contributed by atoms with E-state index in [1.165, 1.54) is 13.8 Å². The number of carbonyl (C=O) groups excluding carboxylic acids is 2. The van der Waals surface area contributed by atoms with E-state index in [4.69, 9.17) is 10.5 Å². The molecule has 2 amide bonds. The van der Waals surface area contributed by atoms with E-state index in [0.717, 1.165) is 0 Å². The van der Waals surface area contributed by atoms with Gasteiger partial charge in [-0.2, -0.15) is 10.5 Å². The Kier molecular flexibility index (Phi) is 4.44. The van der Waals surface area contributed by atoms with E-state index in [2.05, 4.69) is 10.6 Å². The lowest BCUT2D eigenvalue weighted by molar-refractivity contribution is -0.119. The third-order valence-corrected chi connectivity index (χ3v) is 1.08. The van der Waals surface area contributed by atoms with E-state index in [-0.39, 0.29) is 11.4 Å². The molecule has 0 radical (unpaired) electrons. The molecule has 0 fully saturated rings. The highest BCUT2D eigenvalue weighted by Gasteiger charge is 2.08. The second-order valence-corrected chi connectivity index (χ2v) is 2.34. The highest BCUT2D eigenvalue weighted by atomic mass is 16.2. The number of nitrogens with zero attached hydrogens (tertiary/aromatic N) is 2. The summed E-state index contributed by atoms with van der Waals surface area (Å²) in [6, 6.07) is 3.20. The van der Waals surface area contributed by atoms with Crippen LogP contribution in [0.25, 0.3) is 0 Å². The predicted molar refractivity (Wildman–Crippen MR) is 45.9 cm³/mol. The maximum atomic E-state index is 10.6. The van der Waals surface area contributed by atoms with Gasteiger partial charge in [-0.1, -0.05) is 0 Å². The van der Waals surface area contributed by atoms with Crippen molar-refractivity contribution in [3.63, 3.8) is 0 Å². The maximum absolute atomic E-state index is 10.6. The van der Waals surface area contributed by atoms with Crippen molar-refractivity contribution < 1.29 is 9.59 Å². The van der Waals surface area contributed by atoms with Crippen molar-refractivity contribution in [1.29, 1.82) is 10.5 Å². The topological polar surface area (TPSA) is 106 Å². The number of nitriles is 2. The van der Waals surface area contributed by atoms with Gasteiger partial charge >= 0.3 is 0 Å². The Morgan fingerprint density at radius 3 is 1.36 bits per heavy atom. The van der Waals surface area contributed by atoms with E-state index in [9.17, 15) is 9.59 Å². The predicted octanol–water partition coefficient (Wildman–Crippen LogP) is -0.483. The highest BCUT2D eigenvalue weighted by molar-refractivity contribution is 5.79. The van der Waals surface area contributed by atoms with E-state index < -0.39 is 11.8 Å². The second-order valence-electron chi connectivity index (χ2n) is 2.34. The molecular weight excluding hydrogens is 184 g/mol. The minimum absolute atomic E-state index is 0.268. The highest BCUT2D eigenvalue weighted by Crippen LogP contribution is 1.95. The average molecular weight is 192 g/mol. The number of allylic oxidation sites excluding steroid dienone is 2. The van der Waals surface area contributed by atoms with Crippen molar-refractivity contribution >= 4 is 11.8 Å². The smallest absolute Gasteiger partial charge is 0.221 e. The number of hydrogen-bond acceptors (Lipinski definition) is 4.